The smallest absolute Gasteiger partial charge is 0.242 e. The van der Waals surface area contributed by atoms with Crippen LogP contribution in [0.2, 0.25) is 0 Å². The molecule has 1 fully saturated rings. The summed E-state index contributed by atoms with van der Waals surface area (Å²) < 4.78 is 7.57. The summed E-state index contributed by atoms with van der Waals surface area (Å²) in [6, 6.07) is 14.2. The van der Waals surface area contributed by atoms with Gasteiger partial charge in [0.15, 0.2) is 0 Å². The van der Waals surface area contributed by atoms with Crippen molar-refractivity contribution >= 4 is 28.6 Å². The zero-order valence-corrected chi connectivity index (χ0v) is 14.2. The van der Waals surface area contributed by atoms with Crippen LogP contribution < -0.4 is 0 Å². The number of hydrogen-bond acceptors (Lipinski definition) is 3. The maximum atomic E-state index is 12.7. The van der Waals surface area contributed by atoms with E-state index in [1.165, 1.54) is 5.39 Å². The molecule has 1 saturated heterocycles. The average molecular weight is 340 g/mol. The van der Waals surface area contributed by atoms with Crippen LogP contribution in [0.3, 0.4) is 0 Å². The van der Waals surface area contributed by atoms with Gasteiger partial charge in [-0.1, -0.05) is 18.2 Å². The van der Waals surface area contributed by atoms with Crippen molar-refractivity contribution < 1.29 is 9.21 Å². The Morgan fingerprint density at radius 2 is 2.08 bits per heavy atom. The van der Waals surface area contributed by atoms with E-state index < -0.39 is 0 Å². The summed E-state index contributed by atoms with van der Waals surface area (Å²) in [5, 5.41) is 1.53. The lowest BCUT2D eigenvalue weighted by molar-refractivity contribution is -0.131. The zero-order valence-electron chi connectivity index (χ0n) is 13.4. The summed E-state index contributed by atoms with van der Waals surface area (Å²) in [5.41, 5.74) is 1.11. The molecule has 4 rings (SSSR count). The topological polar surface area (TPSA) is 38.4 Å². The molecule has 0 spiro atoms. The van der Waals surface area contributed by atoms with Crippen LogP contribution >= 0.6 is 11.8 Å². The second-order valence-corrected chi connectivity index (χ2v) is 7.36. The van der Waals surface area contributed by atoms with Gasteiger partial charge in [0.05, 0.1) is 11.5 Å². The minimum absolute atomic E-state index is 0.192. The number of carbonyl (C=O) groups is 1. The average Bonchev–Trinajstić information content (AvgIpc) is 3.20. The largest absolute Gasteiger partial charge is 0.468 e. The Morgan fingerprint density at radius 3 is 2.96 bits per heavy atom. The molecule has 1 aliphatic rings. The lowest BCUT2D eigenvalue weighted by atomic mass is 10.2. The van der Waals surface area contributed by atoms with Gasteiger partial charge in [-0.15, -0.1) is 11.8 Å². The number of thioether (sulfide) groups is 1. The van der Waals surface area contributed by atoms with Crippen molar-refractivity contribution in [3.8, 4) is 0 Å². The molecule has 1 atom stereocenters. The Labute approximate surface area is 145 Å². The predicted molar refractivity (Wildman–Crippen MR) is 97.0 cm³/mol. The van der Waals surface area contributed by atoms with E-state index in [-0.39, 0.29) is 5.91 Å². The number of rotatable bonds is 3. The van der Waals surface area contributed by atoms with E-state index in [4.69, 9.17) is 4.42 Å². The Balaban J connectivity index is 1.43. The molecule has 1 aliphatic heterocycles. The minimum Gasteiger partial charge on any atom is -0.468 e. The van der Waals surface area contributed by atoms with Crippen molar-refractivity contribution in [2.75, 3.05) is 18.8 Å². The van der Waals surface area contributed by atoms with Crippen LogP contribution in [0.5, 0.6) is 0 Å². The molecule has 24 heavy (non-hydrogen) atoms. The first-order valence-corrected chi connectivity index (χ1v) is 9.33. The molecule has 0 aliphatic carbocycles. The molecule has 3 heterocycles. The highest BCUT2D eigenvalue weighted by atomic mass is 32.2. The fraction of sp³-hybridized carbons (Fsp3) is 0.316. The molecule has 4 nitrogen and oxygen atoms in total. The van der Waals surface area contributed by atoms with E-state index >= 15 is 0 Å². The van der Waals surface area contributed by atoms with E-state index in [9.17, 15) is 4.79 Å². The zero-order chi connectivity index (χ0) is 16.4. The standard InChI is InChI=1S/C19H20N2O2S/c22-19(14-21-9-7-15-4-1-2-5-16(15)21)20-10-8-18(24-13-11-20)17-6-3-12-23-17/h1-7,9,12,18H,8,10-11,13-14H2. The van der Waals surface area contributed by atoms with Crippen molar-refractivity contribution in [2.45, 2.75) is 18.2 Å². The second-order valence-electron chi connectivity index (χ2n) is 6.05. The number of benzene rings is 1. The number of fused-ring (bicyclic) bond motifs is 1. The first kappa shape index (κ1) is 15.4. The number of nitrogens with zero attached hydrogens (tertiary/aromatic N) is 2. The summed E-state index contributed by atoms with van der Waals surface area (Å²) in [5.74, 6) is 2.16. The molecule has 0 radical (unpaired) electrons. The molecule has 1 unspecified atom stereocenters. The third kappa shape index (κ3) is 3.08. The molecular weight excluding hydrogens is 320 g/mol. The number of aromatic nitrogens is 1. The maximum Gasteiger partial charge on any atom is 0.242 e. The highest BCUT2D eigenvalue weighted by Crippen LogP contribution is 2.34. The fourth-order valence-electron chi connectivity index (χ4n) is 3.25. The quantitative estimate of drug-likeness (QED) is 0.725. The van der Waals surface area contributed by atoms with Gasteiger partial charge in [-0.2, -0.15) is 0 Å². The van der Waals surface area contributed by atoms with Crippen LogP contribution in [0.4, 0.5) is 0 Å². The van der Waals surface area contributed by atoms with Gasteiger partial charge in [-0.05, 0) is 36.1 Å². The van der Waals surface area contributed by atoms with Crippen LogP contribution in [0.1, 0.15) is 17.4 Å². The van der Waals surface area contributed by atoms with Crippen molar-refractivity contribution in [2.24, 2.45) is 0 Å². The summed E-state index contributed by atoms with van der Waals surface area (Å²) >= 11 is 1.88. The lowest BCUT2D eigenvalue weighted by Crippen LogP contribution is -2.35. The van der Waals surface area contributed by atoms with Crippen molar-refractivity contribution in [3.05, 3.63) is 60.7 Å². The Hall–Kier alpha value is -2.14. The van der Waals surface area contributed by atoms with Crippen molar-refractivity contribution in [3.63, 3.8) is 0 Å². The molecule has 124 valence electrons. The van der Waals surface area contributed by atoms with E-state index in [1.54, 1.807) is 6.26 Å². The normalized spacial score (nSPS) is 18.7. The molecule has 1 aromatic carbocycles. The van der Waals surface area contributed by atoms with E-state index in [0.29, 0.717) is 11.8 Å². The molecule has 0 saturated carbocycles. The van der Waals surface area contributed by atoms with Crippen LogP contribution in [-0.2, 0) is 11.3 Å². The first-order valence-electron chi connectivity index (χ1n) is 8.28. The second kappa shape index (κ2) is 6.77. The fourth-order valence-corrected chi connectivity index (χ4v) is 4.43. The molecule has 0 bridgehead atoms. The van der Waals surface area contributed by atoms with Gasteiger partial charge >= 0.3 is 0 Å². The third-order valence-electron chi connectivity index (χ3n) is 4.54. The lowest BCUT2D eigenvalue weighted by Gasteiger charge is -2.20. The van der Waals surface area contributed by atoms with E-state index in [2.05, 4.69) is 18.2 Å². The van der Waals surface area contributed by atoms with Gasteiger partial charge in [0.1, 0.15) is 12.3 Å². The van der Waals surface area contributed by atoms with Crippen LogP contribution in [-0.4, -0.2) is 34.2 Å². The Morgan fingerprint density at radius 1 is 1.17 bits per heavy atom. The number of furan rings is 1. The first-order chi connectivity index (χ1) is 11.8. The summed E-state index contributed by atoms with van der Waals surface area (Å²) in [6.07, 6.45) is 4.66. The molecule has 2 aromatic heterocycles. The number of amides is 1. The van der Waals surface area contributed by atoms with Gasteiger partial charge < -0.3 is 13.9 Å². The molecule has 5 heteroatoms. The van der Waals surface area contributed by atoms with E-state index in [0.717, 1.165) is 36.5 Å². The number of hydrogen-bond donors (Lipinski definition) is 0. The van der Waals surface area contributed by atoms with Gasteiger partial charge in [0, 0.05) is 30.6 Å². The third-order valence-corrected chi connectivity index (χ3v) is 5.83. The maximum absolute atomic E-state index is 12.7. The van der Waals surface area contributed by atoms with Crippen molar-refractivity contribution in [1.82, 2.24) is 9.47 Å². The van der Waals surface area contributed by atoms with Gasteiger partial charge in [-0.25, -0.2) is 0 Å². The van der Waals surface area contributed by atoms with Gasteiger partial charge in [0.25, 0.3) is 0 Å². The Bertz CT molecular complexity index is 825. The van der Waals surface area contributed by atoms with Gasteiger partial charge in [-0.3, -0.25) is 4.79 Å². The summed E-state index contributed by atoms with van der Waals surface area (Å²) in [6.45, 7) is 2.00. The monoisotopic (exact) mass is 340 g/mol. The summed E-state index contributed by atoms with van der Waals surface area (Å²) in [4.78, 5) is 14.7. The van der Waals surface area contributed by atoms with Crippen molar-refractivity contribution in [1.29, 1.82) is 0 Å². The molecular formula is C19H20N2O2S. The van der Waals surface area contributed by atoms with Crippen LogP contribution in [0.15, 0.2) is 59.3 Å². The van der Waals surface area contributed by atoms with Gasteiger partial charge in [0.2, 0.25) is 5.91 Å². The minimum atomic E-state index is 0.192. The molecule has 3 aromatic rings. The summed E-state index contributed by atoms with van der Waals surface area (Å²) in [7, 11) is 0. The number of carbonyl (C=O) groups excluding carboxylic acids is 1. The Kier molecular flexibility index (Phi) is 4.34. The predicted octanol–water partition coefficient (Wildman–Crippen LogP) is 3.94. The van der Waals surface area contributed by atoms with Crippen LogP contribution in [0, 0.1) is 0 Å². The molecule has 0 N–H and O–H groups in total. The van der Waals surface area contributed by atoms with Crippen LogP contribution in [0.25, 0.3) is 10.9 Å². The SMILES string of the molecule is O=C(Cn1ccc2ccccc21)N1CCSC(c2ccco2)CC1. The van der Waals surface area contributed by atoms with E-state index in [1.807, 2.05) is 51.7 Å². The number of para-hydroxylation sites is 1. The highest BCUT2D eigenvalue weighted by molar-refractivity contribution is 7.99. The molecule has 1 amide bonds. The highest BCUT2D eigenvalue weighted by Gasteiger charge is 2.23.